The van der Waals surface area contributed by atoms with E-state index in [0.29, 0.717) is 0 Å². The van der Waals surface area contributed by atoms with Crippen LogP contribution in [0.3, 0.4) is 0 Å². The summed E-state index contributed by atoms with van der Waals surface area (Å²) in [6.07, 6.45) is 4.21. The van der Waals surface area contributed by atoms with E-state index in [4.69, 9.17) is 5.73 Å². The van der Waals surface area contributed by atoms with Crippen LogP contribution in [0.15, 0.2) is 0 Å². The van der Waals surface area contributed by atoms with E-state index in [9.17, 15) is 0 Å². The lowest BCUT2D eigenvalue weighted by atomic mass is 9.92. The first kappa shape index (κ1) is 10.4. The highest BCUT2D eigenvalue weighted by molar-refractivity contribution is 4.98. The van der Waals surface area contributed by atoms with Crippen molar-refractivity contribution in [1.29, 1.82) is 0 Å². The van der Waals surface area contributed by atoms with Crippen LogP contribution >= 0.6 is 0 Å². The Morgan fingerprint density at radius 3 is 2.71 bits per heavy atom. The van der Waals surface area contributed by atoms with Crippen molar-refractivity contribution in [2.75, 3.05) is 33.2 Å². The number of likely N-dealkylation sites (tertiary alicyclic amines) is 1. The van der Waals surface area contributed by atoms with E-state index in [0.717, 1.165) is 31.0 Å². The molecule has 0 aromatic heterocycles. The second-order valence-electron chi connectivity index (χ2n) is 4.89. The van der Waals surface area contributed by atoms with Gasteiger partial charge in [0.05, 0.1) is 0 Å². The van der Waals surface area contributed by atoms with Crippen molar-refractivity contribution >= 4 is 0 Å². The van der Waals surface area contributed by atoms with Crippen LogP contribution in [0.5, 0.6) is 0 Å². The van der Waals surface area contributed by atoms with Gasteiger partial charge in [-0.2, -0.15) is 0 Å². The lowest BCUT2D eigenvalue weighted by Crippen LogP contribution is -2.33. The molecule has 2 aliphatic rings. The van der Waals surface area contributed by atoms with Crippen LogP contribution in [0.25, 0.3) is 0 Å². The molecule has 0 aromatic rings. The van der Waals surface area contributed by atoms with Crippen LogP contribution in [0, 0.1) is 11.8 Å². The molecule has 0 spiro atoms. The fraction of sp³-hybridized carbons (Fsp3) is 1.00. The molecule has 82 valence electrons. The summed E-state index contributed by atoms with van der Waals surface area (Å²) in [4.78, 5) is 2.45. The quantitative estimate of drug-likeness (QED) is 0.679. The van der Waals surface area contributed by atoms with E-state index in [2.05, 4.69) is 17.3 Å². The molecule has 1 saturated heterocycles. The zero-order valence-electron chi connectivity index (χ0n) is 9.21. The molecular weight excluding hydrogens is 174 g/mol. The van der Waals surface area contributed by atoms with Crippen LogP contribution in [0.2, 0.25) is 0 Å². The molecule has 0 aromatic carbocycles. The van der Waals surface area contributed by atoms with Crippen molar-refractivity contribution in [3.63, 3.8) is 0 Å². The van der Waals surface area contributed by atoms with Crippen molar-refractivity contribution in [2.45, 2.75) is 25.3 Å². The SMILES string of the molecule is CN1CCC(C2CC2NCCN)CC1. The zero-order valence-corrected chi connectivity index (χ0v) is 9.21. The largest absolute Gasteiger partial charge is 0.329 e. The van der Waals surface area contributed by atoms with E-state index in [1.54, 1.807) is 0 Å². The minimum atomic E-state index is 0.774. The van der Waals surface area contributed by atoms with Crippen molar-refractivity contribution in [3.8, 4) is 0 Å². The number of rotatable bonds is 4. The van der Waals surface area contributed by atoms with Crippen molar-refractivity contribution in [3.05, 3.63) is 0 Å². The van der Waals surface area contributed by atoms with Gasteiger partial charge < -0.3 is 16.0 Å². The Labute approximate surface area is 87.0 Å². The topological polar surface area (TPSA) is 41.3 Å². The summed E-state index contributed by atoms with van der Waals surface area (Å²) >= 11 is 0. The maximum absolute atomic E-state index is 5.48. The van der Waals surface area contributed by atoms with Crippen LogP contribution in [0.1, 0.15) is 19.3 Å². The lowest BCUT2D eigenvalue weighted by molar-refractivity contribution is 0.201. The number of nitrogens with one attached hydrogen (secondary N) is 1. The smallest absolute Gasteiger partial charge is 0.0102 e. The van der Waals surface area contributed by atoms with Crippen LogP contribution in [-0.2, 0) is 0 Å². The van der Waals surface area contributed by atoms with Gasteiger partial charge in [-0.1, -0.05) is 0 Å². The van der Waals surface area contributed by atoms with Gasteiger partial charge in [-0.15, -0.1) is 0 Å². The van der Waals surface area contributed by atoms with Gasteiger partial charge in [0, 0.05) is 19.1 Å². The number of nitrogens with two attached hydrogens (primary N) is 1. The van der Waals surface area contributed by atoms with E-state index >= 15 is 0 Å². The average molecular weight is 197 g/mol. The Hall–Kier alpha value is -0.120. The standard InChI is InChI=1S/C11H23N3/c1-14-6-2-9(3-7-14)10-8-11(10)13-5-4-12/h9-11,13H,2-8,12H2,1H3. The van der Waals surface area contributed by atoms with Crippen LogP contribution in [-0.4, -0.2) is 44.2 Å². The normalized spacial score (nSPS) is 34.7. The van der Waals surface area contributed by atoms with E-state index in [1.165, 1.54) is 32.4 Å². The highest BCUT2D eigenvalue weighted by atomic mass is 15.1. The maximum Gasteiger partial charge on any atom is 0.0102 e. The summed E-state index contributed by atoms with van der Waals surface area (Å²) < 4.78 is 0. The molecule has 1 saturated carbocycles. The first-order valence-corrected chi connectivity index (χ1v) is 5.93. The fourth-order valence-electron chi connectivity index (χ4n) is 2.70. The van der Waals surface area contributed by atoms with Gasteiger partial charge >= 0.3 is 0 Å². The first-order chi connectivity index (χ1) is 6.81. The molecule has 2 atom stereocenters. The number of hydrogen-bond donors (Lipinski definition) is 2. The van der Waals surface area contributed by atoms with Gasteiger partial charge in [0.1, 0.15) is 0 Å². The summed E-state index contributed by atoms with van der Waals surface area (Å²) in [6, 6.07) is 0.798. The molecular formula is C11H23N3. The lowest BCUT2D eigenvalue weighted by Gasteiger charge is -2.29. The number of hydrogen-bond acceptors (Lipinski definition) is 3. The molecule has 2 unspecified atom stereocenters. The van der Waals surface area contributed by atoms with Crippen molar-refractivity contribution in [2.24, 2.45) is 17.6 Å². The van der Waals surface area contributed by atoms with E-state index < -0.39 is 0 Å². The third-order valence-corrected chi connectivity index (χ3v) is 3.76. The van der Waals surface area contributed by atoms with Gasteiger partial charge in [-0.3, -0.25) is 0 Å². The molecule has 1 aliphatic carbocycles. The summed E-state index contributed by atoms with van der Waals surface area (Å²) in [5.74, 6) is 1.96. The molecule has 3 N–H and O–H groups in total. The van der Waals surface area contributed by atoms with Gasteiger partial charge in [0.15, 0.2) is 0 Å². The Bertz CT molecular complexity index is 175. The summed E-state index contributed by atoms with van der Waals surface area (Å²) in [5.41, 5.74) is 5.48. The van der Waals surface area contributed by atoms with Gasteiger partial charge in [-0.25, -0.2) is 0 Å². The molecule has 14 heavy (non-hydrogen) atoms. The van der Waals surface area contributed by atoms with Gasteiger partial charge in [0.25, 0.3) is 0 Å². The second kappa shape index (κ2) is 4.60. The predicted octanol–water partition coefficient (Wildman–Crippen LogP) is 0.265. The molecule has 2 rings (SSSR count). The van der Waals surface area contributed by atoms with Crippen molar-refractivity contribution in [1.82, 2.24) is 10.2 Å². The Kier molecular flexibility index (Phi) is 3.42. The fourth-order valence-corrected chi connectivity index (χ4v) is 2.70. The summed E-state index contributed by atoms with van der Waals surface area (Å²) in [7, 11) is 2.23. The Morgan fingerprint density at radius 1 is 1.36 bits per heavy atom. The molecule has 0 bridgehead atoms. The third-order valence-electron chi connectivity index (χ3n) is 3.76. The highest BCUT2D eigenvalue weighted by Gasteiger charge is 2.42. The molecule has 0 radical (unpaired) electrons. The molecule has 2 fully saturated rings. The average Bonchev–Trinajstić information content (AvgIpc) is 2.95. The van der Waals surface area contributed by atoms with Crippen molar-refractivity contribution < 1.29 is 0 Å². The van der Waals surface area contributed by atoms with E-state index in [1.807, 2.05) is 0 Å². The zero-order chi connectivity index (χ0) is 9.97. The van der Waals surface area contributed by atoms with E-state index in [-0.39, 0.29) is 0 Å². The minimum absolute atomic E-state index is 0.774. The van der Waals surface area contributed by atoms with Gasteiger partial charge in [0.2, 0.25) is 0 Å². The first-order valence-electron chi connectivity index (χ1n) is 5.93. The Balaban J connectivity index is 1.66. The van der Waals surface area contributed by atoms with Crippen LogP contribution < -0.4 is 11.1 Å². The molecule has 1 heterocycles. The molecule has 0 amide bonds. The third kappa shape index (κ3) is 2.47. The number of nitrogens with zero attached hydrogens (tertiary/aromatic N) is 1. The molecule has 3 heteroatoms. The predicted molar refractivity (Wildman–Crippen MR) is 59.2 cm³/mol. The minimum Gasteiger partial charge on any atom is -0.329 e. The van der Waals surface area contributed by atoms with Gasteiger partial charge in [-0.05, 0) is 51.2 Å². The summed E-state index contributed by atoms with van der Waals surface area (Å²) in [6.45, 7) is 4.36. The highest BCUT2D eigenvalue weighted by Crippen LogP contribution is 2.42. The number of piperidine rings is 1. The monoisotopic (exact) mass is 197 g/mol. The molecule has 3 nitrogen and oxygen atoms in total. The summed E-state index contributed by atoms with van der Waals surface area (Å²) in [5, 5.41) is 3.53. The Morgan fingerprint density at radius 2 is 2.07 bits per heavy atom. The maximum atomic E-state index is 5.48. The van der Waals surface area contributed by atoms with Crippen LogP contribution in [0.4, 0.5) is 0 Å². The second-order valence-corrected chi connectivity index (χ2v) is 4.89. The molecule has 1 aliphatic heterocycles.